The van der Waals surface area contributed by atoms with Gasteiger partial charge in [-0.25, -0.2) is 4.98 Å². The van der Waals surface area contributed by atoms with E-state index < -0.39 is 5.60 Å². The summed E-state index contributed by atoms with van der Waals surface area (Å²) >= 11 is 0. The van der Waals surface area contributed by atoms with Crippen molar-refractivity contribution in [3.05, 3.63) is 60.9 Å². The summed E-state index contributed by atoms with van der Waals surface area (Å²) in [6.45, 7) is 4.90. The van der Waals surface area contributed by atoms with Crippen molar-refractivity contribution in [2.24, 2.45) is 0 Å². The molecule has 0 saturated heterocycles. The molecule has 1 aromatic carbocycles. The molecule has 22 heavy (non-hydrogen) atoms. The summed E-state index contributed by atoms with van der Waals surface area (Å²) in [6, 6.07) is 16.1. The molecular formula is C17H20KN3O. The zero-order valence-corrected chi connectivity index (χ0v) is 16.7. The first-order chi connectivity index (χ1) is 9.93. The average Bonchev–Trinajstić information content (AvgIpc) is 2.82. The fraction of sp³-hybridized carbons (Fsp3) is 0.235. The molecule has 0 amide bonds. The monoisotopic (exact) mass is 321 g/mol. The van der Waals surface area contributed by atoms with Crippen LogP contribution in [0.3, 0.4) is 0 Å². The van der Waals surface area contributed by atoms with E-state index in [0.717, 1.165) is 11.3 Å². The van der Waals surface area contributed by atoms with Crippen LogP contribution in [0.4, 0.5) is 5.82 Å². The minimum absolute atomic E-state index is 0. The zero-order chi connectivity index (χ0) is 15.3. The molecule has 3 aromatic rings. The van der Waals surface area contributed by atoms with Crippen molar-refractivity contribution < 1.29 is 56.5 Å². The van der Waals surface area contributed by atoms with Gasteiger partial charge in [-0.05, 0) is 24.3 Å². The molecule has 0 saturated carbocycles. The van der Waals surface area contributed by atoms with Crippen LogP contribution < -0.4 is 61.9 Å². The van der Waals surface area contributed by atoms with E-state index in [1.165, 1.54) is 5.39 Å². The third-order valence-electron chi connectivity index (χ3n) is 2.50. The van der Waals surface area contributed by atoms with Gasteiger partial charge in [0, 0.05) is 17.8 Å². The van der Waals surface area contributed by atoms with Crippen LogP contribution in [0.5, 0.6) is 0 Å². The summed E-state index contributed by atoms with van der Waals surface area (Å²) < 4.78 is 1.97. The average molecular weight is 321 g/mol. The number of para-hydroxylation sites is 1. The number of hydrogen-bond acceptors (Lipinski definition) is 3. The second-order valence-corrected chi connectivity index (χ2v) is 5.68. The predicted octanol–water partition coefficient (Wildman–Crippen LogP) is 0.0607. The van der Waals surface area contributed by atoms with Crippen LogP contribution >= 0.6 is 0 Å². The van der Waals surface area contributed by atoms with Gasteiger partial charge in [-0.3, -0.25) is 10.1 Å². The van der Waals surface area contributed by atoms with E-state index in [2.05, 4.69) is 28.6 Å². The van der Waals surface area contributed by atoms with Crippen LogP contribution in [0.1, 0.15) is 20.8 Å². The van der Waals surface area contributed by atoms with E-state index in [-0.39, 0.29) is 51.4 Å². The fourth-order valence-electron chi connectivity index (χ4n) is 1.73. The van der Waals surface area contributed by atoms with Crippen LogP contribution in [0.25, 0.3) is 10.9 Å². The van der Waals surface area contributed by atoms with Crippen LogP contribution in [-0.2, 0) is 0 Å². The van der Waals surface area contributed by atoms with Gasteiger partial charge in [0.15, 0.2) is 0 Å². The SMILES string of the molecule is CC(C)(C)[O-].[K+].c1ccc(Nn2ccc3ccccc32)nc1. The minimum atomic E-state index is -0.750. The van der Waals surface area contributed by atoms with Crippen LogP contribution in [0.15, 0.2) is 60.9 Å². The Balaban J connectivity index is 0.000000356. The van der Waals surface area contributed by atoms with E-state index in [9.17, 15) is 5.11 Å². The zero-order valence-electron chi connectivity index (χ0n) is 13.6. The summed E-state index contributed by atoms with van der Waals surface area (Å²) in [5, 5.41) is 11.3. The molecule has 0 bridgehead atoms. The second kappa shape index (κ2) is 8.81. The second-order valence-electron chi connectivity index (χ2n) is 5.68. The third-order valence-corrected chi connectivity index (χ3v) is 2.50. The van der Waals surface area contributed by atoms with Gasteiger partial charge in [0.2, 0.25) is 0 Å². The Hall–Kier alpha value is -0.694. The van der Waals surface area contributed by atoms with Gasteiger partial charge >= 0.3 is 51.4 Å². The van der Waals surface area contributed by atoms with E-state index in [0.29, 0.717) is 0 Å². The first-order valence-corrected chi connectivity index (χ1v) is 6.88. The number of hydrogen-bond donors (Lipinski definition) is 1. The van der Waals surface area contributed by atoms with E-state index >= 15 is 0 Å². The molecule has 0 spiro atoms. The Kier molecular flexibility index (Phi) is 7.75. The smallest absolute Gasteiger partial charge is 0.850 e. The van der Waals surface area contributed by atoms with E-state index in [4.69, 9.17) is 0 Å². The maximum Gasteiger partial charge on any atom is 1.00 e. The predicted molar refractivity (Wildman–Crippen MR) is 84.9 cm³/mol. The molecule has 0 atom stereocenters. The molecule has 0 aliphatic carbocycles. The maximum atomic E-state index is 10.1. The molecular weight excluding hydrogens is 301 g/mol. The number of anilines is 1. The topological polar surface area (TPSA) is 52.9 Å². The Morgan fingerprint density at radius 1 is 1.00 bits per heavy atom. The van der Waals surface area contributed by atoms with Crippen LogP contribution in [-0.4, -0.2) is 15.3 Å². The minimum Gasteiger partial charge on any atom is -0.850 e. The van der Waals surface area contributed by atoms with E-state index in [1.54, 1.807) is 27.0 Å². The van der Waals surface area contributed by atoms with Gasteiger partial charge in [0.1, 0.15) is 5.82 Å². The standard InChI is InChI=1S/C13H11N3.C4H9O.K/c1-2-6-12-11(5-1)8-10-16(12)15-13-7-3-4-9-14-13;1-4(2,3)5;/h1-10H,(H,14,15);1-3H3;/q;-1;+1. The summed E-state index contributed by atoms with van der Waals surface area (Å²) in [5.74, 6) is 0.837. The van der Waals surface area contributed by atoms with Crippen molar-refractivity contribution in [1.29, 1.82) is 0 Å². The number of pyridine rings is 1. The Morgan fingerprint density at radius 3 is 2.27 bits per heavy atom. The van der Waals surface area contributed by atoms with Crippen molar-refractivity contribution in [2.75, 3.05) is 5.43 Å². The van der Waals surface area contributed by atoms with Crippen LogP contribution in [0, 0.1) is 0 Å². The van der Waals surface area contributed by atoms with Crippen LogP contribution in [0.2, 0.25) is 0 Å². The van der Waals surface area contributed by atoms with Gasteiger partial charge in [-0.15, -0.1) is 5.60 Å². The van der Waals surface area contributed by atoms with Gasteiger partial charge in [-0.1, -0.05) is 45.0 Å². The van der Waals surface area contributed by atoms with Gasteiger partial charge < -0.3 is 5.11 Å². The molecule has 5 heteroatoms. The molecule has 0 radical (unpaired) electrons. The molecule has 110 valence electrons. The molecule has 4 nitrogen and oxygen atoms in total. The molecule has 3 rings (SSSR count). The molecule has 1 N–H and O–H groups in total. The molecule has 2 aromatic heterocycles. The molecule has 2 heterocycles. The number of rotatable bonds is 2. The first-order valence-electron chi connectivity index (χ1n) is 6.88. The fourth-order valence-corrected chi connectivity index (χ4v) is 1.73. The molecule has 0 aliphatic rings. The summed E-state index contributed by atoms with van der Waals surface area (Å²) in [4.78, 5) is 4.23. The quantitative estimate of drug-likeness (QED) is 0.679. The molecule has 0 fully saturated rings. The Morgan fingerprint density at radius 2 is 1.64 bits per heavy atom. The number of nitrogens with zero attached hydrogens (tertiary/aromatic N) is 2. The van der Waals surface area contributed by atoms with Gasteiger partial charge in [0.25, 0.3) is 0 Å². The van der Waals surface area contributed by atoms with Gasteiger partial charge in [0.05, 0.1) is 5.52 Å². The number of benzene rings is 1. The summed E-state index contributed by atoms with van der Waals surface area (Å²) in [5.41, 5.74) is 3.63. The van der Waals surface area contributed by atoms with Crippen molar-refractivity contribution in [2.45, 2.75) is 26.4 Å². The number of aromatic nitrogens is 2. The maximum absolute atomic E-state index is 10.1. The van der Waals surface area contributed by atoms with Crippen molar-refractivity contribution in [3.8, 4) is 0 Å². The summed E-state index contributed by atoms with van der Waals surface area (Å²) in [6.07, 6.45) is 3.77. The van der Waals surface area contributed by atoms with E-state index in [1.807, 2.05) is 41.2 Å². The number of nitrogens with one attached hydrogen (secondary N) is 1. The molecule has 0 aliphatic heterocycles. The number of fused-ring (bicyclic) bond motifs is 1. The van der Waals surface area contributed by atoms with Gasteiger partial charge in [-0.2, -0.15) is 0 Å². The Bertz CT molecular complexity index is 684. The van der Waals surface area contributed by atoms with Crippen molar-refractivity contribution in [1.82, 2.24) is 9.66 Å². The molecule has 0 unspecified atom stereocenters. The van der Waals surface area contributed by atoms with Crippen molar-refractivity contribution >= 4 is 16.7 Å². The first kappa shape index (κ1) is 19.4. The van der Waals surface area contributed by atoms with Crippen molar-refractivity contribution in [3.63, 3.8) is 0 Å². The Labute approximate surface area is 174 Å². The third kappa shape index (κ3) is 6.60. The largest absolute Gasteiger partial charge is 1.00 e. The normalized spacial score (nSPS) is 10.4. The summed E-state index contributed by atoms with van der Waals surface area (Å²) in [7, 11) is 0.